The van der Waals surface area contributed by atoms with Crippen molar-refractivity contribution in [3.8, 4) is 11.5 Å². The molecule has 0 radical (unpaired) electrons. The third kappa shape index (κ3) is 8.75. The van der Waals surface area contributed by atoms with Gasteiger partial charge in [-0.15, -0.1) is 11.3 Å². The fraction of sp³-hybridized carbons (Fsp3) is 0.357. The number of halogens is 1. The van der Waals surface area contributed by atoms with Crippen LogP contribution in [0.5, 0.6) is 11.5 Å². The van der Waals surface area contributed by atoms with Gasteiger partial charge in [0, 0.05) is 36.2 Å². The molecular weight excluding hydrogens is 570 g/mol. The van der Waals surface area contributed by atoms with Gasteiger partial charge in [0.05, 0.1) is 26.5 Å². The van der Waals surface area contributed by atoms with Gasteiger partial charge in [-0.3, -0.25) is 4.79 Å². The standard InChI is InChI=1S/C28H34BrN3O5S/c1-35-16-7-14-32(28(34)30-24-10-5-4-9-23(24)29)20-27(33)31(19-22-8-6-17-38-22)15-13-21-11-12-25(36-2)26(18-21)37-3/h4-6,8-12,17-18H,7,13-16,19-20H2,1-3H3,(H,30,34). The van der Waals surface area contributed by atoms with Crippen LogP contribution in [0, 0.1) is 0 Å². The molecule has 0 saturated heterocycles. The first kappa shape index (κ1) is 29.5. The summed E-state index contributed by atoms with van der Waals surface area (Å²) in [5.74, 6) is 1.18. The average Bonchev–Trinajstić information content (AvgIpc) is 3.44. The number of hydrogen-bond acceptors (Lipinski definition) is 6. The molecule has 0 unspecified atom stereocenters. The Hall–Kier alpha value is -3.08. The lowest BCUT2D eigenvalue weighted by molar-refractivity contribution is -0.132. The predicted octanol–water partition coefficient (Wildman–Crippen LogP) is 5.67. The number of nitrogens with zero attached hydrogens (tertiary/aromatic N) is 2. The van der Waals surface area contributed by atoms with Crippen molar-refractivity contribution in [1.29, 1.82) is 0 Å². The van der Waals surface area contributed by atoms with Gasteiger partial charge in [-0.05, 0) is 70.0 Å². The van der Waals surface area contributed by atoms with Crippen LogP contribution in [0.1, 0.15) is 16.9 Å². The van der Waals surface area contributed by atoms with Crippen molar-refractivity contribution < 1.29 is 23.8 Å². The monoisotopic (exact) mass is 603 g/mol. The van der Waals surface area contributed by atoms with Crippen LogP contribution in [-0.4, -0.2) is 69.3 Å². The summed E-state index contributed by atoms with van der Waals surface area (Å²) in [6, 6.07) is 16.8. The smallest absolute Gasteiger partial charge is 0.322 e. The minimum Gasteiger partial charge on any atom is -0.493 e. The quantitative estimate of drug-likeness (QED) is 0.240. The highest BCUT2D eigenvalue weighted by Crippen LogP contribution is 2.28. The fourth-order valence-electron chi connectivity index (χ4n) is 3.86. The molecule has 1 heterocycles. The van der Waals surface area contributed by atoms with Crippen molar-refractivity contribution in [1.82, 2.24) is 9.80 Å². The molecule has 0 aliphatic rings. The second kappa shape index (κ2) is 15.4. The highest BCUT2D eigenvalue weighted by molar-refractivity contribution is 9.10. The minimum atomic E-state index is -0.336. The lowest BCUT2D eigenvalue weighted by Crippen LogP contribution is -2.45. The third-order valence-electron chi connectivity index (χ3n) is 5.90. The minimum absolute atomic E-state index is 0.0443. The summed E-state index contributed by atoms with van der Waals surface area (Å²) in [5, 5.41) is 4.91. The number of carbonyl (C=O) groups excluding carboxylic acids is 2. The van der Waals surface area contributed by atoms with Crippen molar-refractivity contribution in [2.75, 3.05) is 52.9 Å². The van der Waals surface area contributed by atoms with Gasteiger partial charge < -0.3 is 29.3 Å². The average molecular weight is 605 g/mol. The highest BCUT2D eigenvalue weighted by atomic mass is 79.9. The van der Waals surface area contributed by atoms with Crippen molar-refractivity contribution in [2.45, 2.75) is 19.4 Å². The summed E-state index contributed by atoms with van der Waals surface area (Å²) in [4.78, 5) is 31.2. The first-order chi connectivity index (χ1) is 18.4. The van der Waals surface area contributed by atoms with E-state index in [1.54, 1.807) is 42.5 Å². The van der Waals surface area contributed by atoms with Gasteiger partial charge in [-0.2, -0.15) is 0 Å². The molecule has 0 aliphatic heterocycles. The van der Waals surface area contributed by atoms with Crippen molar-refractivity contribution in [3.05, 3.63) is 74.9 Å². The number of anilines is 1. The summed E-state index contributed by atoms with van der Waals surface area (Å²) < 4.78 is 16.7. The van der Waals surface area contributed by atoms with Gasteiger partial charge in [0.1, 0.15) is 6.54 Å². The third-order valence-corrected chi connectivity index (χ3v) is 7.46. The number of thiophene rings is 1. The SMILES string of the molecule is COCCCN(CC(=O)N(CCc1ccc(OC)c(OC)c1)Cc1cccs1)C(=O)Nc1ccccc1Br. The van der Waals surface area contributed by atoms with Crippen molar-refractivity contribution in [2.24, 2.45) is 0 Å². The van der Waals surface area contributed by atoms with Crippen LogP contribution in [-0.2, 0) is 22.5 Å². The Morgan fingerprint density at radius 3 is 2.42 bits per heavy atom. The van der Waals surface area contributed by atoms with E-state index in [2.05, 4.69) is 21.2 Å². The van der Waals surface area contributed by atoms with E-state index in [-0.39, 0.29) is 18.5 Å². The van der Waals surface area contributed by atoms with Gasteiger partial charge in [0.15, 0.2) is 11.5 Å². The summed E-state index contributed by atoms with van der Waals surface area (Å²) in [5.41, 5.74) is 1.67. The van der Waals surface area contributed by atoms with E-state index < -0.39 is 0 Å². The van der Waals surface area contributed by atoms with E-state index in [0.29, 0.717) is 56.3 Å². The molecule has 0 saturated carbocycles. The van der Waals surface area contributed by atoms with Crippen molar-refractivity contribution in [3.63, 3.8) is 0 Å². The summed E-state index contributed by atoms with van der Waals surface area (Å²) in [6.45, 7) is 1.80. The van der Waals surface area contributed by atoms with E-state index in [9.17, 15) is 9.59 Å². The number of hydrogen-bond donors (Lipinski definition) is 1. The number of amides is 3. The van der Waals surface area contributed by atoms with Crippen LogP contribution >= 0.6 is 27.3 Å². The second-order valence-electron chi connectivity index (χ2n) is 8.51. The zero-order valence-corrected chi connectivity index (χ0v) is 24.3. The van der Waals surface area contributed by atoms with Gasteiger partial charge in [0.2, 0.25) is 5.91 Å². The lowest BCUT2D eigenvalue weighted by Gasteiger charge is -2.28. The Morgan fingerprint density at radius 1 is 0.947 bits per heavy atom. The molecule has 8 nitrogen and oxygen atoms in total. The van der Waals surface area contributed by atoms with E-state index >= 15 is 0 Å². The largest absolute Gasteiger partial charge is 0.493 e. The number of methoxy groups -OCH3 is 3. The molecule has 3 rings (SSSR count). The van der Waals surface area contributed by atoms with Crippen LogP contribution < -0.4 is 14.8 Å². The van der Waals surface area contributed by atoms with Gasteiger partial charge >= 0.3 is 6.03 Å². The Balaban J connectivity index is 1.74. The molecule has 3 aromatic rings. The lowest BCUT2D eigenvalue weighted by atomic mass is 10.1. The van der Waals surface area contributed by atoms with E-state index in [4.69, 9.17) is 14.2 Å². The van der Waals surface area contributed by atoms with E-state index in [1.807, 2.05) is 60.0 Å². The molecule has 3 amide bonds. The number of benzene rings is 2. The zero-order valence-electron chi connectivity index (χ0n) is 21.9. The number of nitrogens with one attached hydrogen (secondary N) is 1. The van der Waals surface area contributed by atoms with Crippen LogP contribution in [0.2, 0.25) is 0 Å². The Labute approximate surface area is 236 Å². The topological polar surface area (TPSA) is 80.3 Å². The summed E-state index contributed by atoms with van der Waals surface area (Å²) >= 11 is 5.06. The zero-order chi connectivity index (χ0) is 27.3. The van der Waals surface area contributed by atoms with Gasteiger partial charge in [-0.25, -0.2) is 4.79 Å². The Kier molecular flexibility index (Phi) is 11.9. The first-order valence-corrected chi connectivity index (χ1v) is 13.9. The Morgan fingerprint density at radius 2 is 1.74 bits per heavy atom. The molecule has 204 valence electrons. The number of rotatable bonds is 14. The number of urea groups is 1. The van der Waals surface area contributed by atoms with Gasteiger partial charge in [-0.1, -0.05) is 24.3 Å². The maximum atomic E-state index is 13.6. The first-order valence-electron chi connectivity index (χ1n) is 12.3. The Bertz CT molecular complexity index is 1180. The van der Waals surface area contributed by atoms with E-state index in [0.717, 1.165) is 14.9 Å². The molecule has 38 heavy (non-hydrogen) atoms. The number of ether oxygens (including phenoxy) is 3. The number of carbonyl (C=O) groups is 2. The predicted molar refractivity (Wildman–Crippen MR) is 154 cm³/mol. The van der Waals surface area contributed by atoms with Gasteiger partial charge in [0.25, 0.3) is 0 Å². The molecule has 0 fully saturated rings. The normalized spacial score (nSPS) is 10.6. The van der Waals surface area contributed by atoms with Crippen LogP contribution in [0.3, 0.4) is 0 Å². The van der Waals surface area contributed by atoms with Crippen molar-refractivity contribution >= 4 is 44.9 Å². The second-order valence-corrected chi connectivity index (χ2v) is 10.4. The maximum Gasteiger partial charge on any atom is 0.322 e. The highest BCUT2D eigenvalue weighted by Gasteiger charge is 2.22. The number of para-hydroxylation sites is 1. The van der Waals surface area contributed by atoms with Crippen LogP contribution in [0.4, 0.5) is 10.5 Å². The molecule has 2 aromatic carbocycles. The molecule has 0 bridgehead atoms. The maximum absolute atomic E-state index is 13.6. The van der Waals surface area contributed by atoms with E-state index in [1.165, 1.54) is 0 Å². The molecular formula is C28H34BrN3O5S. The summed E-state index contributed by atoms with van der Waals surface area (Å²) in [7, 11) is 4.82. The van der Waals surface area contributed by atoms with Crippen LogP contribution in [0.15, 0.2) is 64.5 Å². The molecule has 0 atom stereocenters. The summed E-state index contributed by atoms with van der Waals surface area (Å²) in [6.07, 6.45) is 1.24. The van der Waals surface area contributed by atoms with Crippen LogP contribution in [0.25, 0.3) is 0 Å². The molecule has 10 heteroatoms. The molecule has 1 aromatic heterocycles. The molecule has 1 N–H and O–H groups in total. The molecule has 0 spiro atoms. The molecule has 0 aliphatic carbocycles. The fourth-order valence-corrected chi connectivity index (χ4v) is 4.96.